The van der Waals surface area contributed by atoms with Gasteiger partial charge >= 0.3 is 0 Å². The maximum Gasteiger partial charge on any atom is 0.244 e. The van der Waals surface area contributed by atoms with Crippen molar-refractivity contribution in [2.24, 2.45) is 5.73 Å². The summed E-state index contributed by atoms with van der Waals surface area (Å²) < 4.78 is 36.5. The van der Waals surface area contributed by atoms with Gasteiger partial charge in [0, 0.05) is 121 Å². The van der Waals surface area contributed by atoms with Gasteiger partial charge in [-0.05, 0) is 33.4 Å². The van der Waals surface area contributed by atoms with E-state index < -0.39 is 150 Å². The van der Waals surface area contributed by atoms with Crippen molar-refractivity contribution in [1.29, 1.82) is 0 Å². The first kappa shape index (κ1) is 103. The van der Waals surface area contributed by atoms with Crippen molar-refractivity contribution >= 4 is 70.9 Å². The molecule has 0 saturated heterocycles. The third-order valence-corrected chi connectivity index (χ3v) is 21.1. The van der Waals surface area contributed by atoms with Gasteiger partial charge < -0.3 is 93.4 Å². The largest absolute Gasteiger partial charge is 0.383 e. The fourth-order valence-corrected chi connectivity index (χ4v) is 13.9. The Labute approximate surface area is 773 Å². The average molecular weight is 1830 g/mol. The molecule has 0 unspecified atom stereocenters. The molecule has 9 aromatic rings. The van der Waals surface area contributed by atoms with Crippen LogP contribution in [0.15, 0.2) is 201 Å². The Balaban J connectivity index is 0.973. The number of carbonyl (C=O) groups is 12. The van der Waals surface area contributed by atoms with Gasteiger partial charge in [0.2, 0.25) is 70.9 Å². The van der Waals surface area contributed by atoms with E-state index in [9.17, 15) is 19.2 Å². The minimum absolute atomic E-state index is 0.0305. The normalized spacial score (nSPS) is 11.0. The molecule has 40 heteroatoms. The lowest BCUT2D eigenvalue weighted by molar-refractivity contribution is -0.151. The van der Waals surface area contributed by atoms with Crippen LogP contribution in [-0.2, 0) is 145 Å². The van der Waals surface area contributed by atoms with E-state index in [4.69, 9.17) is 34.2 Å². The number of aromatic nitrogens is 9. The van der Waals surface area contributed by atoms with E-state index in [2.05, 4.69) is 36.3 Å². The second-order valence-corrected chi connectivity index (χ2v) is 31.3. The zero-order valence-electron chi connectivity index (χ0n) is 76.3. The maximum atomic E-state index is 15.6. The molecule has 133 heavy (non-hydrogen) atoms. The third-order valence-electron chi connectivity index (χ3n) is 21.1. The van der Waals surface area contributed by atoms with Crippen LogP contribution in [0.2, 0.25) is 0 Å². The van der Waals surface area contributed by atoms with E-state index in [0.717, 1.165) is 41.9 Å². The molecule has 710 valence electrons. The zero-order valence-corrected chi connectivity index (χ0v) is 76.3. The van der Waals surface area contributed by atoms with Gasteiger partial charge in [0.25, 0.3) is 0 Å². The molecule has 0 atom stereocenters. The van der Waals surface area contributed by atoms with Crippen molar-refractivity contribution in [3.05, 3.63) is 251 Å². The number of hydrogen-bond acceptors (Lipinski definition) is 25. The molecule has 0 aliphatic carbocycles. The van der Waals surface area contributed by atoms with E-state index in [-0.39, 0.29) is 105 Å². The molecular weight excluding hydrogens is 1710 g/mol. The molecule has 0 aliphatic rings. The van der Waals surface area contributed by atoms with Crippen molar-refractivity contribution < 1.29 is 86.0 Å². The number of nitrogens with two attached hydrogens (primary N) is 1. The summed E-state index contributed by atoms with van der Waals surface area (Å²) in [6.45, 7) is -9.22. The number of hydrogen-bond donors (Lipinski definition) is 2. The van der Waals surface area contributed by atoms with Gasteiger partial charge in [0.05, 0.1) is 115 Å². The number of primary amides is 1. The lowest BCUT2D eigenvalue weighted by atomic mass is 10.1. The highest BCUT2D eigenvalue weighted by molar-refractivity contribution is 5.95. The summed E-state index contributed by atoms with van der Waals surface area (Å²) in [7, 11) is 8.54. The van der Waals surface area contributed by atoms with Crippen molar-refractivity contribution in [2.45, 2.75) is 58.9 Å². The molecule has 0 aliphatic heterocycles. The number of benzene rings is 6. The molecule has 6 aromatic carbocycles. The molecule has 3 N–H and O–H groups in total. The van der Waals surface area contributed by atoms with Gasteiger partial charge in [-0.15, -0.1) is 15.3 Å². The lowest BCUT2D eigenvalue weighted by Crippen LogP contribution is -2.53. The molecule has 3 aromatic heterocycles. The molecule has 40 nitrogen and oxygen atoms in total. The summed E-state index contributed by atoms with van der Waals surface area (Å²) in [4.78, 5) is 191. The Kier molecular flexibility index (Phi) is 43.3. The third kappa shape index (κ3) is 35.7. The highest BCUT2D eigenvalue weighted by Crippen LogP contribution is 2.18. The molecule has 0 bridgehead atoms. The van der Waals surface area contributed by atoms with Crippen LogP contribution >= 0.6 is 0 Å². The summed E-state index contributed by atoms with van der Waals surface area (Å²) in [5.74, 6) is -8.62. The Hall–Kier alpha value is -13.9. The molecule has 0 spiro atoms. The van der Waals surface area contributed by atoms with Crippen molar-refractivity contribution in [1.82, 2.24) is 104 Å². The quantitative estimate of drug-likeness (QED) is 0.0505. The van der Waals surface area contributed by atoms with Crippen LogP contribution < -0.4 is 11.1 Å². The van der Waals surface area contributed by atoms with Crippen molar-refractivity contribution in [3.63, 3.8) is 0 Å². The predicted octanol–water partition coefficient (Wildman–Crippen LogP) is 1.17. The highest BCUT2D eigenvalue weighted by Gasteiger charge is 2.35. The van der Waals surface area contributed by atoms with Gasteiger partial charge in [-0.25, -0.2) is 14.0 Å². The van der Waals surface area contributed by atoms with Crippen LogP contribution in [0.1, 0.15) is 50.5 Å². The molecule has 0 radical (unpaired) electrons. The molecule has 3 heterocycles. The van der Waals surface area contributed by atoms with Crippen LogP contribution in [0.25, 0.3) is 0 Å². The lowest BCUT2D eigenvalue weighted by Gasteiger charge is -2.33. The van der Waals surface area contributed by atoms with Crippen molar-refractivity contribution in [2.75, 3.05) is 200 Å². The number of ether oxygens (including phenoxy) is 6. The maximum absolute atomic E-state index is 15.6. The average Bonchev–Trinajstić information content (AvgIpc) is 1.84. The fraction of sp³-hybridized carbons (Fsp3) is 0.419. The minimum Gasteiger partial charge on any atom is -0.383 e. The summed E-state index contributed by atoms with van der Waals surface area (Å²) >= 11 is 0. The molecule has 0 saturated carbocycles. The first-order valence-electron chi connectivity index (χ1n) is 43.4. The standard InChI is InChI=1S/C93H120N22O18/c1-128-43-37-95-52-83(117)107(53-76-31-19-10-20-32-76)64-91(125)111(71-114-57-80(97-100-114)50-74-27-15-8-16-28-74)68-87(121)103(39-45-130-3)60-84(118)106(42-48-133-6)63-90(124)109(55-78-35-23-12-24-36-78)66-93(127)112(72-115-58-81(98-101-115)51-75-29-17-9-18-30-75)69-88(122)104(40-46-131-4)61-85(119)105(41-47-132-5)62-89(123)108(54-77-33-21-11-22-34-77)65-92(126)110(67-86(120)102(38-44-129-2)59-82(94)116)70-113-56-79(96-99-113)49-73-25-13-7-14-26-73/h7-36,56-58,95H,37-55,59-72H2,1-6H3,(H2,94,116). The SMILES string of the molecule is COCCNCC(=O)N(CC(=O)N(CC(=O)N(CCOC)CC(=O)N(CCOC)CC(=O)N(CC(=O)N(CC(=O)N(CCOC)CC(=O)N(CCOC)CC(=O)N(CC(=O)N(CC(=O)N(CCOC)CC(N)=O)Cn1cc(Cc2ccccc2)nn1)Cc1ccccc1)Cn1cc(Cc2ccccc2)nn1)Cc1ccccc1)Cn1cc(Cc2ccccc2)nn1)Cc1ccccc1. The van der Waals surface area contributed by atoms with Crippen LogP contribution in [-0.4, -0.2) is 370 Å². The number of rotatable bonds is 60. The highest BCUT2D eigenvalue weighted by atomic mass is 16.5. The fourth-order valence-electron chi connectivity index (χ4n) is 13.9. The molecular formula is C93H120N22O18. The number of carbonyl (C=O) groups excluding carboxylic acids is 12. The summed E-state index contributed by atoms with van der Waals surface area (Å²) in [5, 5.41) is 29.1. The molecule has 9 rings (SSSR count). The first-order chi connectivity index (χ1) is 64.5. The Morgan fingerprint density at radius 3 is 0.729 bits per heavy atom. The zero-order chi connectivity index (χ0) is 95.1. The van der Waals surface area contributed by atoms with Crippen LogP contribution in [0.5, 0.6) is 0 Å². The van der Waals surface area contributed by atoms with Crippen LogP contribution in [0.4, 0.5) is 0 Å². The van der Waals surface area contributed by atoms with E-state index in [1.54, 1.807) is 79.3 Å². The van der Waals surface area contributed by atoms with Gasteiger partial charge in [-0.3, -0.25) is 57.5 Å². The topological polar surface area (TPSA) is 426 Å². The Morgan fingerprint density at radius 1 is 0.271 bits per heavy atom. The summed E-state index contributed by atoms with van der Waals surface area (Å²) in [5.41, 5.74) is 11.9. The number of amides is 12. The van der Waals surface area contributed by atoms with Gasteiger partial charge in [0.1, 0.15) is 59.3 Å². The monoisotopic (exact) mass is 1830 g/mol. The van der Waals surface area contributed by atoms with Gasteiger partial charge in [-0.1, -0.05) is 198 Å². The number of nitrogens with one attached hydrogen (secondary N) is 1. The van der Waals surface area contributed by atoms with E-state index in [1.807, 2.05) is 121 Å². The summed E-state index contributed by atoms with van der Waals surface area (Å²) in [6.07, 6.45) is 5.98. The number of nitrogens with zero attached hydrogens (tertiary/aromatic N) is 20. The van der Waals surface area contributed by atoms with Crippen LogP contribution in [0.3, 0.4) is 0 Å². The van der Waals surface area contributed by atoms with Gasteiger partial charge in [-0.2, -0.15) is 0 Å². The van der Waals surface area contributed by atoms with E-state index in [1.165, 1.54) is 91.0 Å². The Bertz CT molecular complexity index is 5120. The first-order valence-corrected chi connectivity index (χ1v) is 43.4. The minimum atomic E-state index is -0.814. The second-order valence-electron chi connectivity index (χ2n) is 31.3. The summed E-state index contributed by atoms with van der Waals surface area (Å²) in [6, 6.07) is 55.0. The Morgan fingerprint density at radius 2 is 0.481 bits per heavy atom. The molecule has 12 amide bonds. The van der Waals surface area contributed by atoms with E-state index in [0.29, 0.717) is 60.6 Å². The van der Waals surface area contributed by atoms with Crippen molar-refractivity contribution in [3.8, 4) is 0 Å². The van der Waals surface area contributed by atoms with Gasteiger partial charge in [0.15, 0.2) is 0 Å². The van der Waals surface area contributed by atoms with E-state index >= 15 is 38.4 Å². The molecule has 0 fully saturated rings. The predicted molar refractivity (Wildman–Crippen MR) is 485 cm³/mol. The number of methoxy groups -OCH3 is 6. The smallest absolute Gasteiger partial charge is 0.244 e. The second kappa shape index (κ2) is 56.0. The van der Waals surface area contributed by atoms with Crippen LogP contribution in [0, 0.1) is 0 Å².